The van der Waals surface area contributed by atoms with Crippen molar-refractivity contribution in [1.29, 1.82) is 0 Å². The van der Waals surface area contributed by atoms with E-state index < -0.39 is 11.9 Å². The molecular formula is C22H16F3N3O2S. The van der Waals surface area contributed by atoms with Gasteiger partial charge in [0.25, 0.3) is 0 Å². The zero-order valence-electron chi connectivity index (χ0n) is 16.2. The number of aromatic nitrogens is 3. The van der Waals surface area contributed by atoms with E-state index in [4.69, 9.17) is 4.74 Å². The number of phenolic OH excluding ortho intramolecular Hbond substituents is 1. The van der Waals surface area contributed by atoms with Crippen molar-refractivity contribution in [3.8, 4) is 27.9 Å². The Bertz CT molecular complexity index is 1230. The molecule has 2 aromatic heterocycles. The van der Waals surface area contributed by atoms with Crippen LogP contribution in [-0.2, 0) is 6.18 Å². The van der Waals surface area contributed by atoms with Crippen molar-refractivity contribution in [2.45, 2.75) is 6.18 Å². The molecule has 0 spiro atoms. The van der Waals surface area contributed by atoms with E-state index >= 15 is 0 Å². The molecule has 5 nitrogen and oxygen atoms in total. The third-order valence-corrected chi connectivity index (χ3v) is 5.26. The Balaban J connectivity index is 1.69. The van der Waals surface area contributed by atoms with Crippen molar-refractivity contribution in [2.24, 2.45) is 0 Å². The summed E-state index contributed by atoms with van der Waals surface area (Å²) in [5.74, 6) is 0.699. The minimum atomic E-state index is -4.61. The van der Waals surface area contributed by atoms with E-state index in [0.29, 0.717) is 17.0 Å². The summed E-state index contributed by atoms with van der Waals surface area (Å²) in [6.07, 6.45) is -1.69. The van der Waals surface area contributed by atoms with Crippen LogP contribution in [0.2, 0.25) is 0 Å². The number of ether oxygens (including phenoxy) is 1. The molecule has 31 heavy (non-hydrogen) atoms. The standard InChI is InChI=1S/C22H16F3N3O2S/c1-30-17-10-7-14(8-11-17)18-13-31-21(26-18)28-20(22(23,24)25)12-16(27-28)9-6-15-4-2-3-5-19(15)29/h2-13,29H,1H3/b9-6-. The lowest BCUT2D eigenvalue weighted by molar-refractivity contribution is -0.142. The number of alkyl halides is 3. The van der Waals surface area contributed by atoms with Gasteiger partial charge < -0.3 is 9.84 Å². The highest BCUT2D eigenvalue weighted by Crippen LogP contribution is 2.34. The van der Waals surface area contributed by atoms with Crippen molar-refractivity contribution in [3.63, 3.8) is 0 Å². The first-order valence-electron chi connectivity index (χ1n) is 9.09. The lowest BCUT2D eigenvalue weighted by Crippen LogP contribution is -2.13. The Hall–Kier alpha value is -3.59. The van der Waals surface area contributed by atoms with E-state index in [1.165, 1.54) is 18.2 Å². The molecule has 0 radical (unpaired) electrons. The molecule has 4 rings (SSSR count). The van der Waals surface area contributed by atoms with Gasteiger partial charge in [0.2, 0.25) is 5.13 Å². The number of nitrogens with zero attached hydrogens (tertiary/aromatic N) is 3. The van der Waals surface area contributed by atoms with Gasteiger partial charge in [-0.15, -0.1) is 11.3 Å². The summed E-state index contributed by atoms with van der Waals surface area (Å²) < 4.78 is 46.8. The van der Waals surface area contributed by atoms with Crippen molar-refractivity contribution in [1.82, 2.24) is 14.8 Å². The highest BCUT2D eigenvalue weighted by molar-refractivity contribution is 7.12. The maximum Gasteiger partial charge on any atom is 0.433 e. The largest absolute Gasteiger partial charge is 0.507 e. The lowest BCUT2D eigenvalue weighted by atomic mass is 10.2. The highest BCUT2D eigenvalue weighted by atomic mass is 32.1. The van der Waals surface area contributed by atoms with Crippen molar-refractivity contribution in [2.75, 3.05) is 7.11 Å². The van der Waals surface area contributed by atoms with Gasteiger partial charge in [0.05, 0.1) is 18.5 Å². The van der Waals surface area contributed by atoms with Gasteiger partial charge in [0.15, 0.2) is 5.69 Å². The van der Waals surface area contributed by atoms with Gasteiger partial charge in [-0.05, 0) is 48.6 Å². The van der Waals surface area contributed by atoms with E-state index in [2.05, 4.69) is 10.1 Å². The van der Waals surface area contributed by atoms with Crippen LogP contribution in [0, 0.1) is 0 Å². The number of hydrogen-bond donors (Lipinski definition) is 1. The average molecular weight is 443 g/mol. The molecule has 0 bridgehead atoms. The number of para-hydroxylation sites is 1. The van der Waals surface area contributed by atoms with Gasteiger partial charge in [-0.25, -0.2) is 9.67 Å². The van der Waals surface area contributed by atoms with Crippen LogP contribution in [-0.4, -0.2) is 27.0 Å². The predicted octanol–water partition coefficient (Wildman–Crippen LogP) is 5.90. The summed E-state index contributed by atoms with van der Waals surface area (Å²) in [6.45, 7) is 0. The molecular weight excluding hydrogens is 427 g/mol. The minimum Gasteiger partial charge on any atom is -0.507 e. The molecule has 0 aliphatic carbocycles. The molecule has 9 heteroatoms. The molecule has 0 fully saturated rings. The van der Waals surface area contributed by atoms with Crippen LogP contribution < -0.4 is 4.74 Å². The maximum absolute atomic E-state index is 13.6. The molecule has 2 aromatic carbocycles. The second-order valence-electron chi connectivity index (χ2n) is 6.50. The van der Waals surface area contributed by atoms with Gasteiger partial charge in [-0.1, -0.05) is 18.2 Å². The van der Waals surface area contributed by atoms with Crippen LogP contribution in [0.3, 0.4) is 0 Å². The minimum absolute atomic E-state index is 0.0262. The number of halogens is 3. The monoisotopic (exact) mass is 443 g/mol. The highest BCUT2D eigenvalue weighted by Gasteiger charge is 2.36. The van der Waals surface area contributed by atoms with E-state index in [1.807, 2.05) is 0 Å². The number of phenols is 1. The van der Waals surface area contributed by atoms with Crippen LogP contribution >= 0.6 is 11.3 Å². The van der Waals surface area contributed by atoms with Gasteiger partial charge in [0.1, 0.15) is 11.5 Å². The summed E-state index contributed by atoms with van der Waals surface area (Å²) in [7, 11) is 1.55. The second kappa shape index (κ2) is 8.27. The van der Waals surface area contributed by atoms with Crippen molar-refractivity contribution >= 4 is 23.5 Å². The Morgan fingerprint density at radius 1 is 1.06 bits per heavy atom. The molecule has 0 unspecified atom stereocenters. The summed E-state index contributed by atoms with van der Waals surface area (Å²) in [5, 5.41) is 15.7. The molecule has 2 heterocycles. The second-order valence-corrected chi connectivity index (χ2v) is 7.34. The topological polar surface area (TPSA) is 60.2 Å². The van der Waals surface area contributed by atoms with Crippen LogP contribution in [0.4, 0.5) is 13.2 Å². The molecule has 158 valence electrons. The van der Waals surface area contributed by atoms with Gasteiger partial charge in [-0.2, -0.15) is 18.3 Å². The van der Waals surface area contributed by atoms with E-state index in [0.717, 1.165) is 27.6 Å². The smallest absolute Gasteiger partial charge is 0.433 e. The molecule has 0 saturated heterocycles. The predicted molar refractivity (Wildman–Crippen MR) is 113 cm³/mol. The zero-order chi connectivity index (χ0) is 22.0. The van der Waals surface area contributed by atoms with Crippen molar-refractivity contribution in [3.05, 3.63) is 76.9 Å². The van der Waals surface area contributed by atoms with Gasteiger partial charge in [0, 0.05) is 16.5 Å². The third-order valence-electron chi connectivity index (χ3n) is 4.45. The SMILES string of the molecule is COc1ccc(-c2csc(-n3nc(/C=C\c4ccccc4O)cc3C(F)(F)F)n2)cc1. The number of hydrogen-bond acceptors (Lipinski definition) is 5. The van der Waals surface area contributed by atoms with Crippen LogP contribution in [0.25, 0.3) is 28.5 Å². The Labute approximate surface area is 179 Å². The maximum atomic E-state index is 13.6. The first-order valence-corrected chi connectivity index (χ1v) is 9.97. The van der Waals surface area contributed by atoms with Crippen molar-refractivity contribution < 1.29 is 23.0 Å². The number of methoxy groups -OCH3 is 1. The normalized spacial score (nSPS) is 11.9. The van der Waals surface area contributed by atoms with Crippen LogP contribution in [0.5, 0.6) is 11.5 Å². The molecule has 0 aliphatic heterocycles. The van der Waals surface area contributed by atoms with Gasteiger partial charge >= 0.3 is 6.18 Å². The summed E-state index contributed by atoms with van der Waals surface area (Å²) in [6, 6.07) is 14.5. The fourth-order valence-electron chi connectivity index (χ4n) is 2.89. The molecule has 0 amide bonds. The lowest BCUT2D eigenvalue weighted by Gasteiger charge is -2.07. The molecule has 4 aromatic rings. The van der Waals surface area contributed by atoms with Crippen LogP contribution in [0.15, 0.2) is 60.0 Å². The van der Waals surface area contributed by atoms with Crippen LogP contribution in [0.1, 0.15) is 17.0 Å². The quantitative estimate of drug-likeness (QED) is 0.417. The number of rotatable bonds is 5. The zero-order valence-corrected chi connectivity index (χ0v) is 17.0. The molecule has 1 N–H and O–H groups in total. The van der Waals surface area contributed by atoms with E-state index in [9.17, 15) is 18.3 Å². The first kappa shape index (κ1) is 20.7. The fraction of sp³-hybridized carbons (Fsp3) is 0.0909. The third kappa shape index (κ3) is 4.46. The number of benzene rings is 2. The number of thiazole rings is 1. The van der Waals surface area contributed by atoms with E-state index in [1.54, 1.807) is 55.0 Å². The van der Waals surface area contributed by atoms with Gasteiger partial charge in [-0.3, -0.25) is 0 Å². The first-order chi connectivity index (χ1) is 14.8. The van der Waals surface area contributed by atoms with E-state index in [-0.39, 0.29) is 16.6 Å². The summed E-state index contributed by atoms with van der Waals surface area (Å²) in [5.41, 5.74) is 0.930. The summed E-state index contributed by atoms with van der Waals surface area (Å²) >= 11 is 1.06. The molecule has 0 aliphatic rings. The fourth-order valence-corrected chi connectivity index (χ4v) is 3.68. The Kier molecular flexibility index (Phi) is 5.51. The molecule has 0 atom stereocenters. The Morgan fingerprint density at radius 3 is 2.48 bits per heavy atom. The average Bonchev–Trinajstić information content (AvgIpc) is 3.40. The molecule has 0 saturated carbocycles. The summed E-state index contributed by atoms with van der Waals surface area (Å²) in [4.78, 5) is 4.34. The Morgan fingerprint density at radius 2 is 1.81 bits per heavy atom. The number of aromatic hydroxyl groups is 1.